The lowest BCUT2D eigenvalue weighted by atomic mass is 10.0. The van der Waals surface area contributed by atoms with Crippen molar-refractivity contribution in [2.24, 2.45) is 0 Å². The predicted octanol–water partition coefficient (Wildman–Crippen LogP) is 1.64. The maximum Gasteiger partial charge on any atom is 0.115 e. The zero-order valence-electron chi connectivity index (χ0n) is 44.7. The lowest BCUT2D eigenvalue weighted by Gasteiger charge is -2.39. The first kappa shape index (κ1) is 60.5. The lowest BCUT2D eigenvalue weighted by molar-refractivity contribution is -0.216. The molecule has 0 bridgehead atoms. The fourth-order valence-electron chi connectivity index (χ4n) is 11.8. The summed E-state index contributed by atoms with van der Waals surface area (Å²) in [5.41, 5.74) is 0. The van der Waals surface area contributed by atoms with Crippen LogP contribution >= 0.6 is 0 Å². The van der Waals surface area contributed by atoms with Crippen molar-refractivity contribution in [1.29, 1.82) is 0 Å². The van der Waals surface area contributed by atoms with Gasteiger partial charge >= 0.3 is 0 Å². The van der Waals surface area contributed by atoms with Crippen molar-refractivity contribution in [2.45, 2.75) is 177 Å². The molecule has 6 aliphatic heterocycles. The van der Waals surface area contributed by atoms with Crippen molar-refractivity contribution in [3.8, 4) is 0 Å². The first-order valence-electron chi connectivity index (χ1n) is 29.2. The third kappa shape index (κ3) is 24.3. The highest BCUT2D eigenvalue weighted by atomic mass is 16.6. The Morgan fingerprint density at radius 2 is 0.431 bits per heavy atom. The third-order valence-corrected chi connectivity index (χ3v) is 15.7. The first-order chi connectivity index (χ1) is 35.2. The SMILES string of the molecule is OC(COCC(OCC(O)CN1CCCCC1)C(OCC(O)CN1CCCCC1)C(OCC(O)CN1CCCCC1)C(COCC(O)CN1CCCCC1)OCC(O)CN1CCCCC1)CN1CCCCC1. The Morgan fingerprint density at radius 3 is 0.653 bits per heavy atom. The normalized spacial score (nSPS) is 25.6. The topological polar surface area (TPSA) is 196 Å². The van der Waals surface area contributed by atoms with Gasteiger partial charge in [0.05, 0.1) is 89.5 Å². The molecule has 0 amide bonds. The number of piperidine rings is 6. The minimum absolute atomic E-state index is 0.0272. The molecule has 6 saturated heterocycles. The van der Waals surface area contributed by atoms with Gasteiger partial charge in [-0.05, 0) is 156 Å². The average molecular weight is 1030 g/mol. The molecule has 72 heavy (non-hydrogen) atoms. The fourth-order valence-corrected chi connectivity index (χ4v) is 11.8. The molecule has 10 unspecified atom stereocenters. The van der Waals surface area contributed by atoms with E-state index < -0.39 is 61.0 Å². The molecule has 422 valence electrons. The summed E-state index contributed by atoms with van der Waals surface area (Å²) in [5.74, 6) is 0. The number of nitrogens with zero attached hydrogens (tertiary/aromatic N) is 6. The van der Waals surface area contributed by atoms with Gasteiger partial charge in [-0.25, -0.2) is 0 Å². The van der Waals surface area contributed by atoms with Crippen LogP contribution in [0.4, 0.5) is 0 Å². The number of rotatable bonds is 35. The second-order valence-corrected chi connectivity index (χ2v) is 22.5. The van der Waals surface area contributed by atoms with Crippen LogP contribution in [-0.4, -0.2) is 292 Å². The average Bonchev–Trinajstić information content (AvgIpc) is 3.39. The highest BCUT2D eigenvalue weighted by molar-refractivity contribution is 4.89. The first-order valence-corrected chi connectivity index (χ1v) is 29.2. The number of aliphatic hydroxyl groups excluding tert-OH is 6. The number of likely N-dealkylation sites (tertiary alicyclic amines) is 6. The number of hydrogen-bond donors (Lipinski definition) is 6. The zero-order chi connectivity index (χ0) is 50.6. The summed E-state index contributed by atoms with van der Waals surface area (Å²) in [7, 11) is 0. The van der Waals surface area contributed by atoms with Crippen LogP contribution in [0.15, 0.2) is 0 Å². The van der Waals surface area contributed by atoms with Crippen LogP contribution in [0.1, 0.15) is 116 Å². The van der Waals surface area contributed by atoms with Gasteiger partial charge in [-0.3, -0.25) is 0 Å². The quantitative estimate of drug-likeness (QED) is 0.0536. The van der Waals surface area contributed by atoms with Gasteiger partial charge in [0.25, 0.3) is 0 Å². The molecule has 6 rings (SSSR count). The van der Waals surface area contributed by atoms with Gasteiger partial charge in [-0.1, -0.05) is 38.5 Å². The Hall–Kier alpha value is -0.720. The summed E-state index contributed by atoms with van der Waals surface area (Å²) in [6.07, 6.45) is 11.6. The van der Waals surface area contributed by atoms with Crippen molar-refractivity contribution in [2.75, 3.05) is 171 Å². The molecule has 18 nitrogen and oxygen atoms in total. The molecule has 0 radical (unpaired) electrons. The highest BCUT2D eigenvalue weighted by Gasteiger charge is 2.41. The summed E-state index contributed by atoms with van der Waals surface area (Å²) >= 11 is 0. The number of hydrogen-bond acceptors (Lipinski definition) is 18. The maximum atomic E-state index is 11.7. The van der Waals surface area contributed by atoms with E-state index in [4.69, 9.17) is 28.4 Å². The van der Waals surface area contributed by atoms with Crippen LogP contribution in [-0.2, 0) is 28.4 Å². The Balaban J connectivity index is 1.28. The van der Waals surface area contributed by atoms with E-state index in [-0.39, 0.29) is 52.9 Å². The number of β-amino-alcohol motifs (C(OH)–C–C–N with tert-alkyl or cyclic N) is 6. The molecular formula is C54H104N6O12. The Morgan fingerprint density at radius 1 is 0.236 bits per heavy atom. The molecule has 0 spiro atoms. The van der Waals surface area contributed by atoms with Crippen LogP contribution in [0.5, 0.6) is 0 Å². The summed E-state index contributed by atoms with van der Waals surface area (Å²) < 4.78 is 40.2. The molecule has 6 N–H and O–H groups in total. The van der Waals surface area contributed by atoms with E-state index in [2.05, 4.69) is 29.4 Å². The Kier molecular flexibility index (Phi) is 30.0. The second kappa shape index (κ2) is 35.6. The van der Waals surface area contributed by atoms with Crippen molar-refractivity contribution in [3.63, 3.8) is 0 Å². The molecule has 0 aliphatic carbocycles. The van der Waals surface area contributed by atoms with Gasteiger partial charge in [-0.2, -0.15) is 0 Å². The number of ether oxygens (including phenoxy) is 6. The molecule has 0 aromatic carbocycles. The molecule has 0 aromatic heterocycles. The zero-order valence-corrected chi connectivity index (χ0v) is 44.7. The summed E-state index contributed by atoms with van der Waals surface area (Å²) in [5, 5.41) is 69.1. The van der Waals surface area contributed by atoms with Crippen molar-refractivity contribution in [1.82, 2.24) is 29.4 Å². The van der Waals surface area contributed by atoms with E-state index in [9.17, 15) is 30.6 Å². The van der Waals surface area contributed by atoms with Crippen molar-refractivity contribution >= 4 is 0 Å². The van der Waals surface area contributed by atoms with Crippen LogP contribution < -0.4 is 0 Å². The summed E-state index contributed by atoms with van der Waals surface area (Å²) in [6, 6.07) is 0. The summed E-state index contributed by atoms with van der Waals surface area (Å²) in [6.45, 7) is 13.8. The van der Waals surface area contributed by atoms with Crippen LogP contribution in [0, 0.1) is 0 Å². The third-order valence-electron chi connectivity index (χ3n) is 15.7. The van der Waals surface area contributed by atoms with Crippen LogP contribution in [0.3, 0.4) is 0 Å². The van der Waals surface area contributed by atoms with Gasteiger partial charge in [0.15, 0.2) is 0 Å². The van der Waals surface area contributed by atoms with E-state index in [0.717, 1.165) is 156 Å². The standard InChI is InChI=1S/C54H104N6O12/c61-45(31-55-19-7-1-8-20-55)37-67-43-51(69-39-47(63)33-57-23-11-3-12-24-57)53(71-41-49(65)35-59-27-15-5-16-28-59)54(72-42-50(66)36-60-29-17-6-18-30-60)52(70-40-48(64)34-58-25-13-4-14-26-58)44-68-38-46(62)32-56-21-9-2-10-22-56/h45-54,61-66H,1-44H2. The van der Waals surface area contributed by atoms with E-state index in [0.29, 0.717) is 39.3 Å². The van der Waals surface area contributed by atoms with Crippen molar-refractivity contribution in [3.05, 3.63) is 0 Å². The second-order valence-electron chi connectivity index (χ2n) is 22.5. The number of aliphatic hydroxyl groups is 6. The lowest BCUT2D eigenvalue weighted by Crippen LogP contribution is -2.55. The Labute approximate surface area is 434 Å². The van der Waals surface area contributed by atoms with E-state index in [1.165, 1.54) is 38.5 Å². The molecule has 6 aliphatic rings. The van der Waals surface area contributed by atoms with Gasteiger partial charge < -0.3 is 88.5 Å². The van der Waals surface area contributed by atoms with E-state index >= 15 is 0 Å². The van der Waals surface area contributed by atoms with Crippen LogP contribution in [0.2, 0.25) is 0 Å². The highest BCUT2D eigenvalue weighted by Crippen LogP contribution is 2.23. The molecule has 6 fully saturated rings. The molecule has 0 aromatic rings. The van der Waals surface area contributed by atoms with Gasteiger partial charge in [0, 0.05) is 39.3 Å². The largest absolute Gasteiger partial charge is 0.389 e. The van der Waals surface area contributed by atoms with E-state index in [1.54, 1.807) is 0 Å². The van der Waals surface area contributed by atoms with Crippen LogP contribution in [0.25, 0.3) is 0 Å². The Bertz CT molecular complexity index is 1240. The minimum Gasteiger partial charge on any atom is -0.389 e. The fraction of sp³-hybridized carbons (Fsp3) is 1.00. The van der Waals surface area contributed by atoms with Crippen molar-refractivity contribution < 1.29 is 59.1 Å². The van der Waals surface area contributed by atoms with Gasteiger partial charge in [0.2, 0.25) is 0 Å². The minimum atomic E-state index is -1.00. The summed E-state index contributed by atoms with van der Waals surface area (Å²) in [4.78, 5) is 13.7. The monoisotopic (exact) mass is 1030 g/mol. The molecular weight excluding hydrogens is 925 g/mol. The molecule has 6 heterocycles. The molecule has 0 saturated carbocycles. The smallest absolute Gasteiger partial charge is 0.115 e. The van der Waals surface area contributed by atoms with E-state index in [1.807, 2.05) is 0 Å². The van der Waals surface area contributed by atoms with Gasteiger partial charge in [0.1, 0.15) is 24.4 Å². The maximum absolute atomic E-state index is 11.7. The van der Waals surface area contributed by atoms with Gasteiger partial charge in [-0.15, -0.1) is 0 Å². The molecule has 10 atom stereocenters. The predicted molar refractivity (Wildman–Crippen MR) is 278 cm³/mol. The molecule has 18 heteroatoms.